The van der Waals surface area contributed by atoms with Crippen molar-refractivity contribution in [1.29, 1.82) is 0 Å². The molecule has 3 amide bonds. The first-order valence-electron chi connectivity index (χ1n) is 11.1. The van der Waals surface area contributed by atoms with Crippen molar-refractivity contribution < 1.29 is 23.8 Å². The van der Waals surface area contributed by atoms with Gasteiger partial charge in [0.25, 0.3) is 0 Å². The third-order valence-electron chi connectivity index (χ3n) is 6.12. The van der Waals surface area contributed by atoms with Gasteiger partial charge in [0.15, 0.2) is 11.5 Å². The highest BCUT2D eigenvalue weighted by molar-refractivity contribution is 5.97. The SMILES string of the molecule is CC[C@H](C)[C@H](NC(=O)N1CCc2cc(OC)c(OC)cc2C1)C(=O)Nc1cccc(OC)c1. The first kappa shape index (κ1) is 24.2. The Hall–Kier alpha value is -3.42. The van der Waals surface area contributed by atoms with Gasteiger partial charge in [-0.2, -0.15) is 0 Å². The molecule has 0 saturated carbocycles. The molecule has 3 rings (SSSR count). The van der Waals surface area contributed by atoms with Crippen LogP contribution in [0.4, 0.5) is 10.5 Å². The molecule has 2 N–H and O–H groups in total. The molecule has 0 spiro atoms. The number of hydrogen-bond acceptors (Lipinski definition) is 5. The molecule has 0 aliphatic carbocycles. The molecule has 178 valence electrons. The highest BCUT2D eigenvalue weighted by Crippen LogP contribution is 2.33. The predicted molar refractivity (Wildman–Crippen MR) is 127 cm³/mol. The third kappa shape index (κ3) is 5.69. The average Bonchev–Trinajstić information content (AvgIpc) is 2.85. The lowest BCUT2D eigenvalue weighted by Crippen LogP contribution is -2.53. The van der Waals surface area contributed by atoms with Crippen LogP contribution in [0.3, 0.4) is 0 Å². The quantitative estimate of drug-likeness (QED) is 0.632. The summed E-state index contributed by atoms with van der Waals surface area (Å²) in [6.07, 6.45) is 1.45. The van der Waals surface area contributed by atoms with Crippen molar-refractivity contribution in [3.8, 4) is 17.2 Å². The van der Waals surface area contributed by atoms with E-state index < -0.39 is 6.04 Å². The van der Waals surface area contributed by atoms with Crippen molar-refractivity contribution in [2.45, 2.75) is 39.3 Å². The van der Waals surface area contributed by atoms with Gasteiger partial charge in [0, 0.05) is 24.8 Å². The molecule has 2 atom stereocenters. The summed E-state index contributed by atoms with van der Waals surface area (Å²) >= 11 is 0. The molecule has 8 heteroatoms. The fourth-order valence-corrected chi connectivity index (χ4v) is 3.90. The molecule has 33 heavy (non-hydrogen) atoms. The maximum absolute atomic E-state index is 13.1. The maximum atomic E-state index is 13.1. The predicted octanol–water partition coefficient (Wildman–Crippen LogP) is 3.83. The maximum Gasteiger partial charge on any atom is 0.318 e. The Labute approximate surface area is 195 Å². The third-order valence-corrected chi connectivity index (χ3v) is 6.12. The summed E-state index contributed by atoms with van der Waals surface area (Å²) in [5, 5.41) is 5.86. The van der Waals surface area contributed by atoms with E-state index in [1.165, 1.54) is 0 Å². The minimum Gasteiger partial charge on any atom is -0.497 e. The van der Waals surface area contributed by atoms with Gasteiger partial charge in [-0.3, -0.25) is 4.79 Å². The van der Waals surface area contributed by atoms with Gasteiger partial charge < -0.3 is 29.7 Å². The fraction of sp³-hybridized carbons (Fsp3) is 0.440. The molecule has 2 aromatic rings. The number of nitrogens with one attached hydrogen (secondary N) is 2. The highest BCUT2D eigenvalue weighted by Gasteiger charge is 2.30. The Balaban J connectivity index is 1.72. The van der Waals surface area contributed by atoms with Crippen LogP contribution in [-0.2, 0) is 17.8 Å². The van der Waals surface area contributed by atoms with Crippen LogP contribution in [0.15, 0.2) is 36.4 Å². The molecule has 2 aromatic carbocycles. The highest BCUT2D eigenvalue weighted by atomic mass is 16.5. The minimum atomic E-state index is -0.666. The number of carbonyl (C=O) groups excluding carboxylic acids is 2. The van der Waals surface area contributed by atoms with Crippen molar-refractivity contribution >= 4 is 17.6 Å². The Morgan fingerprint density at radius 1 is 1.03 bits per heavy atom. The van der Waals surface area contributed by atoms with Crippen molar-refractivity contribution in [2.24, 2.45) is 5.92 Å². The van der Waals surface area contributed by atoms with E-state index in [2.05, 4.69) is 10.6 Å². The van der Waals surface area contributed by atoms with Crippen molar-refractivity contribution in [1.82, 2.24) is 10.2 Å². The number of benzene rings is 2. The van der Waals surface area contributed by atoms with Crippen molar-refractivity contribution in [3.05, 3.63) is 47.5 Å². The Kier molecular flexibility index (Phi) is 8.03. The number of hydrogen-bond donors (Lipinski definition) is 2. The number of ether oxygens (including phenoxy) is 3. The van der Waals surface area contributed by atoms with Crippen LogP contribution in [0.2, 0.25) is 0 Å². The van der Waals surface area contributed by atoms with Gasteiger partial charge >= 0.3 is 6.03 Å². The average molecular weight is 456 g/mol. The second kappa shape index (κ2) is 10.9. The van der Waals surface area contributed by atoms with E-state index in [-0.39, 0.29) is 17.9 Å². The van der Waals surface area contributed by atoms with E-state index >= 15 is 0 Å². The van der Waals surface area contributed by atoms with Gasteiger partial charge in [0.1, 0.15) is 11.8 Å². The van der Waals surface area contributed by atoms with Crippen LogP contribution in [0.25, 0.3) is 0 Å². The molecular weight excluding hydrogens is 422 g/mol. The van der Waals surface area contributed by atoms with Crippen LogP contribution in [0, 0.1) is 5.92 Å². The summed E-state index contributed by atoms with van der Waals surface area (Å²) in [4.78, 5) is 27.9. The summed E-state index contributed by atoms with van der Waals surface area (Å²) in [6, 6.07) is 10.1. The Bertz CT molecular complexity index is 994. The van der Waals surface area contributed by atoms with Crippen molar-refractivity contribution in [2.75, 3.05) is 33.2 Å². The summed E-state index contributed by atoms with van der Waals surface area (Å²) in [6.45, 7) is 4.95. The van der Waals surface area contributed by atoms with E-state index in [1.54, 1.807) is 44.4 Å². The smallest absolute Gasteiger partial charge is 0.318 e. The number of methoxy groups -OCH3 is 3. The second-order valence-corrected chi connectivity index (χ2v) is 8.18. The number of urea groups is 1. The van der Waals surface area contributed by atoms with Gasteiger partial charge in [-0.1, -0.05) is 26.3 Å². The molecule has 0 unspecified atom stereocenters. The van der Waals surface area contributed by atoms with Gasteiger partial charge in [0.05, 0.1) is 21.3 Å². The minimum absolute atomic E-state index is 0.0408. The molecule has 0 saturated heterocycles. The van der Waals surface area contributed by atoms with Crippen LogP contribution in [-0.4, -0.2) is 50.8 Å². The molecule has 0 aromatic heterocycles. The van der Waals surface area contributed by atoms with Crippen molar-refractivity contribution in [3.63, 3.8) is 0 Å². The normalized spacial score (nSPS) is 14.5. The van der Waals surface area contributed by atoms with Crippen LogP contribution in [0.5, 0.6) is 17.2 Å². The molecule has 1 aliphatic heterocycles. The number of fused-ring (bicyclic) bond motifs is 1. The monoisotopic (exact) mass is 455 g/mol. The topological polar surface area (TPSA) is 89.1 Å². The number of carbonyl (C=O) groups is 2. The van der Waals surface area contributed by atoms with Gasteiger partial charge in [-0.25, -0.2) is 4.79 Å². The molecule has 8 nitrogen and oxygen atoms in total. The van der Waals surface area contributed by atoms with Gasteiger partial charge in [-0.05, 0) is 47.7 Å². The lowest BCUT2D eigenvalue weighted by Gasteiger charge is -2.32. The van der Waals surface area contributed by atoms with E-state index in [9.17, 15) is 9.59 Å². The largest absolute Gasteiger partial charge is 0.497 e. The second-order valence-electron chi connectivity index (χ2n) is 8.18. The summed E-state index contributed by atoms with van der Waals surface area (Å²) in [5.41, 5.74) is 2.76. The van der Waals surface area contributed by atoms with E-state index in [1.807, 2.05) is 32.0 Å². The molecule has 1 aliphatic rings. The van der Waals surface area contributed by atoms with Gasteiger partial charge in [-0.15, -0.1) is 0 Å². The number of anilines is 1. The summed E-state index contributed by atoms with van der Waals surface area (Å²) < 4.78 is 16.0. The van der Waals surface area contributed by atoms with E-state index in [4.69, 9.17) is 14.2 Å². The molecule has 1 heterocycles. The Morgan fingerprint density at radius 2 is 1.73 bits per heavy atom. The van der Waals surface area contributed by atoms with E-state index in [0.29, 0.717) is 42.4 Å². The summed E-state index contributed by atoms with van der Waals surface area (Å²) in [7, 11) is 4.78. The van der Waals surface area contributed by atoms with Crippen LogP contribution >= 0.6 is 0 Å². The summed E-state index contributed by atoms with van der Waals surface area (Å²) in [5.74, 6) is 1.67. The zero-order valence-electron chi connectivity index (χ0n) is 19.9. The molecule has 0 fully saturated rings. The number of rotatable bonds is 8. The molecule has 0 bridgehead atoms. The molecule has 0 radical (unpaired) electrons. The van der Waals surface area contributed by atoms with Gasteiger partial charge in [0.2, 0.25) is 5.91 Å². The van der Waals surface area contributed by atoms with Crippen LogP contribution in [0.1, 0.15) is 31.4 Å². The van der Waals surface area contributed by atoms with Crippen LogP contribution < -0.4 is 24.8 Å². The first-order valence-corrected chi connectivity index (χ1v) is 11.1. The number of nitrogens with zero attached hydrogens (tertiary/aromatic N) is 1. The fourth-order valence-electron chi connectivity index (χ4n) is 3.90. The zero-order chi connectivity index (χ0) is 24.0. The van der Waals surface area contributed by atoms with E-state index in [0.717, 1.165) is 17.5 Å². The molecular formula is C25H33N3O5. The first-order chi connectivity index (χ1) is 15.9. The lowest BCUT2D eigenvalue weighted by molar-refractivity contribution is -0.119. The Morgan fingerprint density at radius 3 is 2.36 bits per heavy atom. The lowest BCUT2D eigenvalue weighted by atomic mass is 9.97. The zero-order valence-corrected chi connectivity index (χ0v) is 19.9. The number of amides is 3. The standard InChI is InChI=1S/C25H33N3O5/c1-6-16(2)23(24(29)26-19-8-7-9-20(14-19)31-3)27-25(30)28-11-10-17-12-21(32-4)22(33-5)13-18(17)15-28/h7-9,12-14,16,23H,6,10-11,15H2,1-5H3,(H,26,29)(H,27,30)/t16-,23-/m0/s1.